The van der Waals surface area contributed by atoms with Gasteiger partial charge in [-0.05, 0) is 42.9 Å². The molecule has 0 saturated heterocycles. The van der Waals surface area contributed by atoms with Gasteiger partial charge in [0.25, 0.3) is 5.91 Å². The fourth-order valence-corrected chi connectivity index (χ4v) is 3.33. The maximum Gasteiger partial charge on any atom is 0.306 e. The summed E-state index contributed by atoms with van der Waals surface area (Å²) < 4.78 is 0. The highest BCUT2D eigenvalue weighted by Crippen LogP contribution is 2.18. The lowest BCUT2D eigenvalue weighted by Gasteiger charge is -2.21. The molecule has 29 heavy (non-hydrogen) atoms. The highest BCUT2D eigenvalue weighted by molar-refractivity contribution is 5.98. The highest BCUT2D eigenvalue weighted by atomic mass is 16.4. The number of rotatable bonds is 11. The van der Waals surface area contributed by atoms with Crippen LogP contribution in [0.2, 0.25) is 0 Å². The molecule has 2 aromatic rings. The molecule has 0 fully saturated rings. The number of carbonyl (C=O) groups excluding carboxylic acids is 2. The zero-order chi connectivity index (χ0) is 21.2. The van der Waals surface area contributed by atoms with Crippen LogP contribution in [0.4, 0.5) is 0 Å². The smallest absolute Gasteiger partial charge is 0.306 e. The molecule has 2 aromatic carbocycles. The molecule has 2 N–H and O–H groups in total. The Hall–Kier alpha value is -2.95. The molecule has 154 valence electrons. The first kappa shape index (κ1) is 22.3. The topological polar surface area (TPSA) is 83.5 Å². The van der Waals surface area contributed by atoms with Gasteiger partial charge in [-0.3, -0.25) is 14.4 Å². The summed E-state index contributed by atoms with van der Waals surface area (Å²) in [5.74, 6) is -2.10. The molecule has 0 aliphatic carbocycles. The number of carbonyl (C=O) groups is 3. The van der Waals surface area contributed by atoms with Gasteiger partial charge in [0.1, 0.15) is 0 Å². The van der Waals surface area contributed by atoms with Crippen LogP contribution in [0.1, 0.15) is 49.0 Å². The van der Waals surface area contributed by atoms with Crippen molar-refractivity contribution in [2.45, 2.75) is 45.6 Å². The third kappa shape index (κ3) is 7.53. The van der Waals surface area contributed by atoms with Gasteiger partial charge in [0.2, 0.25) is 0 Å². The number of carboxylic acid groups (broad SMARTS) is 1. The molecule has 0 radical (unpaired) electrons. The number of hydrogen-bond acceptors (Lipinski definition) is 3. The Morgan fingerprint density at radius 1 is 0.931 bits per heavy atom. The van der Waals surface area contributed by atoms with Gasteiger partial charge < -0.3 is 10.4 Å². The molecule has 2 atom stereocenters. The number of aryl methyl sites for hydroxylation is 1. The van der Waals surface area contributed by atoms with E-state index in [9.17, 15) is 19.5 Å². The van der Waals surface area contributed by atoms with E-state index in [1.54, 1.807) is 24.3 Å². The summed E-state index contributed by atoms with van der Waals surface area (Å²) in [6.45, 7) is 3.87. The van der Waals surface area contributed by atoms with Crippen molar-refractivity contribution >= 4 is 17.7 Å². The average Bonchev–Trinajstić information content (AvgIpc) is 2.71. The van der Waals surface area contributed by atoms with Crippen LogP contribution in [0.25, 0.3) is 0 Å². The molecular formula is C24H29NO4. The second kappa shape index (κ2) is 11.1. The van der Waals surface area contributed by atoms with E-state index in [2.05, 4.69) is 5.32 Å². The number of Topliss-reactive ketones (excluding diaryl/α,β-unsaturated/α-hetero) is 1. The fourth-order valence-electron chi connectivity index (χ4n) is 3.33. The highest BCUT2D eigenvalue weighted by Gasteiger charge is 2.28. The van der Waals surface area contributed by atoms with Crippen molar-refractivity contribution in [3.63, 3.8) is 0 Å². The minimum atomic E-state index is -0.969. The van der Waals surface area contributed by atoms with Crippen molar-refractivity contribution in [2.24, 2.45) is 11.8 Å². The van der Waals surface area contributed by atoms with E-state index in [4.69, 9.17) is 0 Å². The maximum atomic E-state index is 12.9. The zero-order valence-corrected chi connectivity index (χ0v) is 17.0. The van der Waals surface area contributed by atoms with Gasteiger partial charge in [0.15, 0.2) is 5.78 Å². The Morgan fingerprint density at radius 2 is 1.52 bits per heavy atom. The van der Waals surface area contributed by atoms with Gasteiger partial charge in [-0.1, -0.05) is 62.4 Å². The van der Waals surface area contributed by atoms with Crippen LogP contribution in [-0.4, -0.2) is 28.8 Å². The molecule has 0 heterocycles. The van der Waals surface area contributed by atoms with E-state index in [0.717, 1.165) is 5.56 Å². The molecular weight excluding hydrogens is 366 g/mol. The van der Waals surface area contributed by atoms with Crippen molar-refractivity contribution in [1.29, 1.82) is 0 Å². The molecule has 0 aliphatic rings. The molecule has 0 saturated carbocycles. The summed E-state index contributed by atoms with van der Waals surface area (Å²) in [6.07, 6.45) is 1.39. The number of nitrogens with one attached hydrogen (secondary N) is 1. The Balaban J connectivity index is 2.12. The molecule has 2 rings (SSSR count). The van der Waals surface area contributed by atoms with Crippen LogP contribution in [-0.2, 0) is 16.0 Å². The number of amides is 1. The Morgan fingerprint density at radius 3 is 2.07 bits per heavy atom. The van der Waals surface area contributed by atoms with E-state index >= 15 is 0 Å². The lowest BCUT2D eigenvalue weighted by molar-refractivity contribution is -0.144. The number of aliphatic carboxylic acids is 1. The molecule has 5 nitrogen and oxygen atoms in total. The molecule has 5 heteroatoms. The minimum absolute atomic E-state index is 0.0813. The Kier molecular flexibility index (Phi) is 8.59. The third-order valence-corrected chi connectivity index (χ3v) is 4.85. The molecule has 0 aromatic heterocycles. The van der Waals surface area contributed by atoms with Crippen LogP contribution in [0.3, 0.4) is 0 Å². The predicted octanol–water partition coefficient (Wildman–Crippen LogP) is 4.12. The van der Waals surface area contributed by atoms with Gasteiger partial charge in [-0.15, -0.1) is 0 Å². The summed E-state index contributed by atoms with van der Waals surface area (Å²) in [5, 5.41) is 12.3. The van der Waals surface area contributed by atoms with Gasteiger partial charge in [-0.25, -0.2) is 0 Å². The number of ketones is 1. The Bertz CT molecular complexity index is 802. The van der Waals surface area contributed by atoms with Gasteiger partial charge in [0.05, 0.1) is 12.0 Å². The molecule has 0 aliphatic heterocycles. The normalized spacial score (nSPS) is 12.9. The summed E-state index contributed by atoms with van der Waals surface area (Å²) in [4.78, 5) is 37.1. The monoisotopic (exact) mass is 395 g/mol. The first-order valence-electron chi connectivity index (χ1n) is 10.0. The molecule has 0 bridgehead atoms. The van der Waals surface area contributed by atoms with Crippen molar-refractivity contribution in [3.05, 3.63) is 71.8 Å². The maximum absolute atomic E-state index is 12.9. The first-order valence-corrected chi connectivity index (χ1v) is 10.0. The van der Waals surface area contributed by atoms with E-state index < -0.39 is 17.9 Å². The zero-order valence-electron chi connectivity index (χ0n) is 17.0. The summed E-state index contributed by atoms with van der Waals surface area (Å²) in [7, 11) is 0. The molecule has 0 spiro atoms. The number of carboxylic acids is 1. The molecule has 0 unspecified atom stereocenters. The summed E-state index contributed by atoms with van der Waals surface area (Å²) in [6, 6.07) is 17.7. The van der Waals surface area contributed by atoms with E-state index in [-0.39, 0.29) is 24.0 Å². The van der Waals surface area contributed by atoms with Crippen LogP contribution < -0.4 is 5.32 Å². The SMILES string of the molecule is CC(C)C[C@H](CC(=O)[C@H](CCc1ccccc1)NC(=O)c1ccccc1)C(=O)O. The van der Waals surface area contributed by atoms with Crippen molar-refractivity contribution in [2.75, 3.05) is 0 Å². The quantitative estimate of drug-likeness (QED) is 0.599. The standard InChI is InChI=1S/C24H29NO4/c1-17(2)15-20(24(28)29)16-22(26)21(14-13-18-9-5-3-6-10-18)25-23(27)19-11-7-4-8-12-19/h3-12,17,20-21H,13-16H2,1-2H3,(H,25,27)(H,28,29)/t20-,21+/m1/s1. The van der Waals surface area contributed by atoms with Crippen LogP contribution >= 0.6 is 0 Å². The van der Waals surface area contributed by atoms with E-state index in [1.165, 1.54) is 0 Å². The summed E-state index contributed by atoms with van der Waals surface area (Å²) in [5.41, 5.74) is 1.54. The van der Waals surface area contributed by atoms with Crippen molar-refractivity contribution in [1.82, 2.24) is 5.32 Å². The minimum Gasteiger partial charge on any atom is -0.481 e. The second-order valence-corrected chi connectivity index (χ2v) is 7.75. The van der Waals surface area contributed by atoms with E-state index in [0.29, 0.717) is 24.8 Å². The van der Waals surface area contributed by atoms with Gasteiger partial charge >= 0.3 is 5.97 Å². The largest absolute Gasteiger partial charge is 0.481 e. The lowest BCUT2D eigenvalue weighted by atomic mass is 9.89. The second-order valence-electron chi connectivity index (χ2n) is 7.75. The number of benzene rings is 2. The van der Waals surface area contributed by atoms with Gasteiger partial charge in [0, 0.05) is 12.0 Å². The van der Waals surface area contributed by atoms with Crippen LogP contribution in [0, 0.1) is 11.8 Å². The Labute approximate surface area is 172 Å². The fraction of sp³-hybridized carbons (Fsp3) is 0.375. The van der Waals surface area contributed by atoms with Gasteiger partial charge in [-0.2, -0.15) is 0 Å². The predicted molar refractivity (Wildman–Crippen MR) is 113 cm³/mol. The lowest BCUT2D eigenvalue weighted by Crippen LogP contribution is -2.42. The van der Waals surface area contributed by atoms with Crippen molar-refractivity contribution < 1.29 is 19.5 Å². The van der Waals surface area contributed by atoms with Crippen LogP contribution in [0.15, 0.2) is 60.7 Å². The number of hydrogen-bond donors (Lipinski definition) is 2. The average molecular weight is 395 g/mol. The first-order chi connectivity index (χ1) is 13.9. The summed E-state index contributed by atoms with van der Waals surface area (Å²) >= 11 is 0. The molecule has 1 amide bonds. The third-order valence-electron chi connectivity index (χ3n) is 4.85. The van der Waals surface area contributed by atoms with E-state index in [1.807, 2.05) is 50.2 Å². The van der Waals surface area contributed by atoms with Crippen molar-refractivity contribution in [3.8, 4) is 0 Å². The van der Waals surface area contributed by atoms with Crippen LogP contribution in [0.5, 0.6) is 0 Å².